The van der Waals surface area contributed by atoms with Gasteiger partial charge in [-0.05, 0) is 5.92 Å². The average Bonchev–Trinajstić information content (AvgIpc) is 2.46. The molecule has 22 heavy (non-hydrogen) atoms. The molecule has 128 valence electrons. The smallest absolute Gasteiger partial charge is 0.276 e. The van der Waals surface area contributed by atoms with Crippen LogP contribution in [0.2, 0.25) is 0 Å². The second kappa shape index (κ2) is 9.06. The van der Waals surface area contributed by atoms with Gasteiger partial charge in [-0.15, -0.1) is 0 Å². The Kier molecular flexibility index (Phi) is 7.77. The van der Waals surface area contributed by atoms with Crippen LogP contribution in [0.1, 0.15) is 13.8 Å². The Morgan fingerprint density at radius 1 is 1.27 bits per heavy atom. The summed E-state index contributed by atoms with van der Waals surface area (Å²) in [4.78, 5) is 20.7. The molecule has 1 aliphatic rings. The SMILES string of the molecule is COS(=O)(=O)CC(=O)N1CCN(CCO/N=C/C(C)C)CC1. The highest BCUT2D eigenvalue weighted by molar-refractivity contribution is 7.87. The van der Waals surface area contributed by atoms with Gasteiger partial charge >= 0.3 is 0 Å². The van der Waals surface area contributed by atoms with Gasteiger partial charge in [0.1, 0.15) is 6.61 Å². The minimum Gasteiger partial charge on any atom is -0.395 e. The molecule has 1 rings (SSSR count). The zero-order valence-corrected chi connectivity index (χ0v) is 14.2. The predicted octanol–water partition coefficient (Wildman–Crippen LogP) is -0.235. The first-order valence-corrected chi connectivity index (χ1v) is 8.85. The van der Waals surface area contributed by atoms with Gasteiger partial charge < -0.3 is 9.74 Å². The molecular weight excluding hydrogens is 310 g/mol. The van der Waals surface area contributed by atoms with Crippen LogP contribution in [-0.4, -0.2) is 82.5 Å². The average molecular weight is 335 g/mol. The van der Waals surface area contributed by atoms with E-state index in [-0.39, 0.29) is 0 Å². The molecule has 1 aliphatic heterocycles. The van der Waals surface area contributed by atoms with Crippen LogP contribution in [0.15, 0.2) is 5.16 Å². The van der Waals surface area contributed by atoms with E-state index in [4.69, 9.17) is 4.84 Å². The molecule has 1 fully saturated rings. The number of hydrogen-bond acceptors (Lipinski definition) is 7. The van der Waals surface area contributed by atoms with Crippen LogP contribution in [-0.2, 0) is 23.9 Å². The number of hydrogen-bond donors (Lipinski definition) is 0. The summed E-state index contributed by atoms with van der Waals surface area (Å²) in [6.45, 7) is 7.66. The first-order valence-electron chi connectivity index (χ1n) is 7.28. The molecule has 0 aromatic carbocycles. The van der Waals surface area contributed by atoms with Crippen molar-refractivity contribution in [2.45, 2.75) is 13.8 Å². The first kappa shape index (κ1) is 18.9. The summed E-state index contributed by atoms with van der Waals surface area (Å²) in [6.07, 6.45) is 1.74. The Balaban J connectivity index is 2.24. The Morgan fingerprint density at radius 2 is 1.91 bits per heavy atom. The molecule has 8 nitrogen and oxygen atoms in total. The summed E-state index contributed by atoms with van der Waals surface area (Å²) in [7, 11) is -2.69. The van der Waals surface area contributed by atoms with Crippen molar-refractivity contribution in [1.82, 2.24) is 9.80 Å². The normalized spacial score (nSPS) is 17.4. The lowest BCUT2D eigenvalue weighted by Gasteiger charge is -2.34. The van der Waals surface area contributed by atoms with Gasteiger partial charge in [0.25, 0.3) is 10.1 Å². The second-order valence-electron chi connectivity index (χ2n) is 5.42. The van der Waals surface area contributed by atoms with E-state index in [1.165, 1.54) is 0 Å². The number of piperazine rings is 1. The number of rotatable bonds is 8. The summed E-state index contributed by atoms with van der Waals surface area (Å²) in [6, 6.07) is 0. The fraction of sp³-hybridized carbons (Fsp3) is 0.846. The summed E-state index contributed by atoms with van der Waals surface area (Å²) in [5.74, 6) is -0.659. The van der Waals surface area contributed by atoms with E-state index >= 15 is 0 Å². The van der Waals surface area contributed by atoms with E-state index in [0.29, 0.717) is 38.7 Å². The highest BCUT2D eigenvalue weighted by Crippen LogP contribution is 2.04. The fourth-order valence-corrected chi connectivity index (χ4v) is 2.51. The van der Waals surface area contributed by atoms with E-state index in [1.54, 1.807) is 11.1 Å². The number of amides is 1. The summed E-state index contributed by atoms with van der Waals surface area (Å²) >= 11 is 0. The van der Waals surface area contributed by atoms with E-state index < -0.39 is 21.8 Å². The quantitative estimate of drug-likeness (QED) is 0.263. The lowest BCUT2D eigenvalue weighted by Crippen LogP contribution is -2.50. The highest BCUT2D eigenvalue weighted by Gasteiger charge is 2.25. The Morgan fingerprint density at radius 3 is 2.45 bits per heavy atom. The van der Waals surface area contributed by atoms with Crippen LogP contribution >= 0.6 is 0 Å². The fourth-order valence-electron chi connectivity index (χ4n) is 1.91. The van der Waals surface area contributed by atoms with Gasteiger partial charge in [-0.2, -0.15) is 8.42 Å². The van der Waals surface area contributed by atoms with Gasteiger partial charge in [0.2, 0.25) is 5.91 Å². The Hall–Kier alpha value is -1.19. The lowest BCUT2D eigenvalue weighted by atomic mass is 10.3. The topological polar surface area (TPSA) is 88.5 Å². The van der Waals surface area contributed by atoms with Gasteiger partial charge in [0.05, 0.1) is 7.11 Å². The van der Waals surface area contributed by atoms with Gasteiger partial charge in [-0.25, -0.2) is 0 Å². The van der Waals surface area contributed by atoms with Crippen LogP contribution in [0, 0.1) is 5.92 Å². The maximum Gasteiger partial charge on any atom is 0.276 e. The molecular formula is C13H25N3O5S. The van der Waals surface area contributed by atoms with Gasteiger partial charge in [-0.1, -0.05) is 19.0 Å². The zero-order chi connectivity index (χ0) is 16.6. The van der Waals surface area contributed by atoms with Crippen molar-refractivity contribution in [3.05, 3.63) is 0 Å². The molecule has 0 unspecified atom stereocenters. The van der Waals surface area contributed by atoms with Gasteiger partial charge in [-0.3, -0.25) is 13.9 Å². The van der Waals surface area contributed by atoms with Crippen LogP contribution in [0.3, 0.4) is 0 Å². The molecule has 1 amide bonds. The molecule has 1 saturated heterocycles. The van der Waals surface area contributed by atoms with Crippen LogP contribution in [0.25, 0.3) is 0 Å². The third-order valence-electron chi connectivity index (χ3n) is 3.21. The monoisotopic (exact) mass is 335 g/mol. The van der Waals surface area contributed by atoms with Crippen molar-refractivity contribution in [3.8, 4) is 0 Å². The molecule has 9 heteroatoms. The van der Waals surface area contributed by atoms with E-state index in [1.807, 2.05) is 13.8 Å². The third kappa shape index (κ3) is 7.19. The number of carbonyl (C=O) groups excluding carboxylic acids is 1. The highest BCUT2D eigenvalue weighted by atomic mass is 32.2. The van der Waals surface area contributed by atoms with Crippen molar-refractivity contribution in [2.75, 3.05) is 52.2 Å². The first-order chi connectivity index (χ1) is 10.3. The molecule has 1 heterocycles. The van der Waals surface area contributed by atoms with Crippen molar-refractivity contribution < 1.29 is 22.2 Å². The van der Waals surface area contributed by atoms with Gasteiger partial charge in [0.15, 0.2) is 5.75 Å². The van der Waals surface area contributed by atoms with E-state index in [9.17, 15) is 13.2 Å². The number of carbonyl (C=O) groups is 1. The van der Waals surface area contributed by atoms with E-state index in [0.717, 1.165) is 13.7 Å². The molecule has 0 aliphatic carbocycles. The van der Waals surface area contributed by atoms with Crippen LogP contribution in [0.5, 0.6) is 0 Å². The van der Waals surface area contributed by atoms with Crippen molar-refractivity contribution in [1.29, 1.82) is 0 Å². The standard InChI is InChI=1S/C13H25N3O5S/c1-12(2)10-14-21-9-8-15-4-6-16(7-5-15)13(17)11-22(18,19)20-3/h10,12H,4-9,11H2,1-3H3/b14-10+. The van der Waals surface area contributed by atoms with Crippen molar-refractivity contribution >= 4 is 22.2 Å². The minimum absolute atomic E-state index is 0.359. The summed E-state index contributed by atoms with van der Waals surface area (Å²) in [5, 5.41) is 3.85. The van der Waals surface area contributed by atoms with Crippen molar-refractivity contribution in [3.63, 3.8) is 0 Å². The Labute approximate surface area is 132 Å². The van der Waals surface area contributed by atoms with E-state index in [2.05, 4.69) is 14.2 Å². The third-order valence-corrected chi connectivity index (χ3v) is 4.32. The largest absolute Gasteiger partial charge is 0.395 e. The maximum absolute atomic E-state index is 11.8. The summed E-state index contributed by atoms with van der Waals surface area (Å²) < 4.78 is 26.8. The molecule has 0 atom stereocenters. The zero-order valence-electron chi connectivity index (χ0n) is 13.4. The second-order valence-corrected chi connectivity index (χ2v) is 7.16. The molecule has 0 radical (unpaired) electrons. The van der Waals surface area contributed by atoms with Crippen LogP contribution in [0.4, 0.5) is 0 Å². The van der Waals surface area contributed by atoms with Crippen LogP contribution < -0.4 is 0 Å². The Bertz CT molecular complexity index is 470. The lowest BCUT2D eigenvalue weighted by molar-refractivity contribution is -0.130. The number of oxime groups is 1. The van der Waals surface area contributed by atoms with Gasteiger partial charge in [0, 0.05) is 38.9 Å². The number of nitrogens with zero attached hydrogens (tertiary/aromatic N) is 3. The minimum atomic E-state index is -3.75. The molecule has 0 saturated carbocycles. The van der Waals surface area contributed by atoms with Crippen molar-refractivity contribution in [2.24, 2.45) is 11.1 Å². The predicted molar refractivity (Wildman–Crippen MR) is 83.1 cm³/mol. The molecule has 0 spiro atoms. The maximum atomic E-state index is 11.8. The molecule has 0 N–H and O–H groups in total. The summed E-state index contributed by atoms with van der Waals surface area (Å²) in [5.41, 5.74) is 0. The molecule has 0 aromatic heterocycles. The molecule has 0 bridgehead atoms. The molecule has 0 aromatic rings.